The summed E-state index contributed by atoms with van der Waals surface area (Å²) in [6, 6.07) is 0. The molecule has 0 fully saturated rings. The van der Waals surface area contributed by atoms with E-state index in [0.29, 0.717) is 17.6 Å². The van der Waals surface area contributed by atoms with Crippen molar-refractivity contribution in [1.82, 2.24) is 0 Å². The second kappa shape index (κ2) is 21.6. The van der Waals surface area contributed by atoms with E-state index in [4.69, 9.17) is 14.2 Å². The van der Waals surface area contributed by atoms with Crippen LogP contribution < -0.4 is 0 Å². The Morgan fingerprint density at radius 1 is 0.818 bits per heavy atom. The maximum atomic E-state index is 12.5. The van der Waals surface area contributed by atoms with E-state index < -0.39 is 7.82 Å². The molecule has 0 heterocycles. The first-order chi connectivity index (χ1) is 15.7. The highest BCUT2D eigenvalue weighted by Gasteiger charge is 2.27. The van der Waals surface area contributed by atoms with Crippen molar-refractivity contribution in [2.24, 2.45) is 0 Å². The van der Waals surface area contributed by atoms with Crippen LogP contribution in [0.4, 0.5) is 0 Å². The average Bonchev–Trinajstić information content (AvgIpc) is 2.72. The Kier molecular flexibility index (Phi) is 21.9. The number of likely N-dealkylation sites (N-methyl/N-ethyl adjacent to an activating group) is 1. The van der Waals surface area contributed by atoms with Crippen LogP contribution in [0.2, 0.25) is 0 Å². The lowest BCUT2D eigenvalue weighted by atomic mass is 10.0. The number of phosphoric acid groups is 1. The lowest BCUT2D eigenvalue weighted by Crippen LogP contribution is -2.37. The third-order valence-corrected chi connectivity index (χ3v) is 7.92. The Labute approximate surface area is 209 Å². The predicted octanol–water partition coefficient (Wildman–Crippen LogP) is 6.79. The standard InChI is InChI=1S/C25H54NO5PS/c1-5-6-7-8-11-14-18-25(31-32(28,29)30-22-20-26(2,3)4)19-15-12-9-10-13-16-23-33-24-17-21-27/h25,27H,5-24H2,1-4H3/p+1. The number of phosphoric ester groups is 1. The van der Waals surface area contributed by atoms with Gasteiger partial charge in [-0.1, -0.05) is 77.6 Å². The molecule has 200 valence electrons. The van der Waals surface area contributed by atoms with Crippen LogP contribution in [0.25, 0.3) is 0 Å². The molecular weight excluding hydrogens is 457 g/mol. The van der Waals surface area contributed by atoms with Crippen molar-refractivity contribution in [3.63, 3.8) is 0 Å². The van der Waals surface area contributed by atoms with Crippen LogP contribution in [-0.4, -0.2) is 73.0 Å². The van der Waals surface area contributed by atoms with Gasteiger partial charge < -0.3 is 14.5 Å². The average molecular weight is 513 g/mol. The van der Waals surface area contributed by atoms with Crippen LogP contribution in [0.1, 0.15) is 103 Å². The smallest absolute Gasteiger partial charge is 0.396 e. The quantitative estimate of drug-likeness (QED) is 0.0797. The number of thioether (sulfide) groups is 1. The summed E-state index contributed by atoms with van der Waals surface area (Å²) in [6.07, 6.45) is 16.7. The van der Waals surface area contributed by atoms with Crippen molar-refractivity contribution in [2.45, 2.75) is 109 Å². The number of nitrogens with zero attached hydrogens (tertiary/aromatic N) is 1. The fraction of sp³-hybridized carbons (Fsp3) is 1.00. The number of rotatable bonds is 25. The predicted molar refractivity (Wildman–Crippen MR) is 143 cm³/mol. The molecule has 0 radical (unpaired) electrons. The minimum Gasteiger partial charge on any atom is -0.396 e. The molecule has 0 aliphatic carbocycles. The van der Waals surface area contributed by atoms with E-state index in [2.05, 4.69) is 6.92 Å². The topological polar surface area (TPSA) is 76.0 Å². The van der Waals surface area contributed by atoms with Gasteiger partial charge in [0.05, 0.1) is 27.2 Å². The van der Waals surface area contributed by atoms with E-state index in [9.17, 15) is 9.46 Å². The SMILES string of the molecule is CCCCCCCCC(CCCCCCCCSCCCO)OP(=O)(O)OCC[N+](C)(C)C. The summed E-state index contributed by atoms with van der Waals surface area (Å²) in [6.45, 7) is 3.40. The Bertz CT molecular complexity index is 476. The van der Waals surface area contributed by atoms with Crippen LogP contribution in [0.5, 0.6) is 0 Å². The van der Waals surface area contributed by atoms with Gasteiger partial charge in [-0.05, 0) is 37.2 Å². The third-order valence-electron chi connectivity index (χ3n) is 5.69. The van der Waals surface area contributed by atoms with Gasteiger partial charge in [-0.2, -0.15) is 11.8 Å². The van der Waals surface area contributed by atoms with Gasteiger partial charge >= 0.3 is 7.82 Å². The third kappa shape index (κ3) is 25.3. The number of hydrogen-bond acceptors (Lipinski definition) is 5. The largest absolute Gasteiger partial charge is 0.472 e. The molecule has 0 rings (SSSR count). The minimum atomic E-state index is -4.01. The summed E-state index contributed by atoms with van der Waals surface area (Å²) in [5, 5.41) is 8.79. The maximum absolute atomic E-state index is 12.5. The Morgan fingerprint density at radius 3 is 1.88 bits per heavy atom. The molecule has 0 aromatic rings. The summed E-state index contributed by atoms with van der Waals surface area (Å²) in [4.78, 5) is 10.2. The lowest BCUT2D eigenvalue weighted by molar-refractivity contribution is -0.870. The molecule has 0 amide bonds. The van der Waals surface area contributed by atoms with Gasteiger partial charge in [-0.15, -0.1) is 0 Å². The zero-order valence-electron chi connectivity index (χ0n) is 22.1. The summed E-state index contributed by atoms with van der Waals surface area (Å²) in [7, 11) is 2.08. The second-order valence-electron chi connectivity index (χ2n) is 10.2. The van der Waals surface area contributed by atoms with E-state index in [1.807, 2.05) is 32.9 Å². The van der Waals surface area contributed by atoms with Crippen molar-refractivity contribution in [3.05, 3.63) is 0 Å². The molecule has 0 saturated carbocycles. The molecule has 2 unspecified atom stereocenters. The molecule has 2 N–H and O–H groups in total. The van der Waals surface area contributed by atoms with Crippen LogP contribution in [0.15, 0.2) is 0 Å². The van der Waals surface area contributed by atoms with E-state index >= 15 is 0 Å². The van der Waals surface area contributed by atoms with Crippen molar-refractivity contribution in [1.29, 1.82) is 0 Å². The zero-order chi connectivity index (χ0) is 24.8. The molecule has 33 heavy (non-hydrogen) atoms. The lowest BCUT2D eigenvalue weighted by Gasteiger charge is -2.25. The molecule has 0 bridgehead atoms. The summed E-state index contributed by atoms with van der Waals surface area (Å²) < 4.78 is 24.1. The highest BCUT2D eigenvalue weighted by molar-refractivity contribution is 7.99. The fourth-order valence-corrected chi connectivity index (χ4v) is 5.51. The highest BCUT2D eigenvalue weighted by Crippen LogP contribution is 2.46. The van der Waals surface area contributed by atoms with Crippen LogP contribution in [0.3, 0.4) is 0 Å². The van der Waals surface area contributed by atoms with Gasteiger partial charge in [0.2, 0.25) is 0 Å². The maximum Gasteiger partial charge on any atom is 0.472 e. The first-order valence-corrected chi connectivity index (χ1v) is 16.0. The molecule has 2 atom stereocenters. The molecule has 0 aromatic heterocycles. The van der Waals surface area contributed by atoms with Crippen LogP contribution in [0, 0.1) is 0 Å². The summed E-state index contributed by atoms with van der Waals surface area (Å²) >= 11 is 1.94. The summed E-state index contributed by atoms with van der Waals surface area (Å²) in [5.41, 5.74) is 0. The normalized spacial score (nSPS) is 15.0. The van der Waals surface area contributed by atoms with Crippen LogP contribution >= 0.6 is 19.6 Å². The second-order valence-corrected chi connectivity index (χ2v) is 12.8. The number of aliphatic hydroxyl groups is 1. The monoisotopic (exact) mass is 512 g/mol. The van der Waals surface area contributed by atoms with E-state index in [-0.39, 0.29) is 12.7 Å². The molecule has 0 aromatic carbocycles. The molecular formula is C25H55NO5PS+. The van der Waals surface area contributed by atoms with Gasteiger partial charge in [-0.25, -0.2) is 4.57 Å². The van der Waals surface area contributed by atoms with Crippen molar-refractivity contribution in [2.75, 3.05) is 52.4 Å². The van der Waals surface area contributed by atoms with Crippen molar-refractivity contribution >= 4 is 19.6 Å². The molecule has 0 aliphatic heterocycles. The molecule has 0 spiro atoms. The van der Waals surface area contributed by atoms with Gasteiger partial charge in [0.25, 0.3) is 0 Å². The van der Waals surface area contributed by atoms with E-state index in [1.54, 1.807) is 0 Å². The van der Waals surface area contributed by atoms with Gasteiger partial charge in [-0.3, -0.25) is 9.05 Å². The van der Waals surface area contributed by atoms with E-state index in [0.717, 1.165) is 50.7 Å². The Balaban J connectivity index is 4.19. The van der Waals surface area contributed by atoms with Gasteiger partial charge in [0.1, 0.15) is 13.2 Å². The minimum absolute atomic E-state index is 0.195. The fourth-order valence-electron chi connectivity index (χ4n) is 3.60. The number of quaternary nitrogens is 1. The summed E-state index contributed by atoms with van der Waals surface area (Å²) in [5.74, 6) is 2.25. The van der Waals surface area contributed by atoms with Crippen molar-refractivity contribution in [3.8, 4) is 0 Å². The first-order valence-electron chi connectivity index (χ1n) is 13.3. The van der Waals surface area contributed by atoms with Crippen molar-refractivity contribution < 1.29 is 28.1 Å². The molecule has 8 heteroatoms. The number of unbranched alkanes of at least 4 members (excludes halogenated alkanes) is 10. The molecule has 6 nitrogen and oxygen atoms in total. The highest BCUT2D eigenvalue weighted by atomic mass is 32.2. The first kappa shape index (κ1) is 33.4. The van der Waals surface area contributed by atoms with Gasteiger partial charge in [0.15, 0.2) is 0 Å². The van der Waals surface area contributed by atoms with E-state index in [1.165, 1.54) is 57.1 Å². The number of aliphatic hydroxyl groups excluding tert-OH is 1. The van der Waals surface area contributed by atoms with Crippen LogP contribution in [-0.2, 0) is 13.6 Å². The Morgan fingerprint density at radius 2 is 1.33 bits per heavy atom. The van der Waals surface area contributed by atoms with Gasteiger partial charge in [0, 0.05) is 6.61 Å². The molecule has 0 saturated heterocycles. The molecule has 0 aliphatic rings. The Hall–Kier alpha value is 0.380. The number of hydrogen-bond donors (Lipinski definition) is 2. The zero-order valence-corrected chi connectivity index (χ0v) is 23.9.